The number of carbonyl (C=O) groups excluding carboxylic acids is 1. The Bertz CT molecular complexity index is 1320. The fraction of sp³-hybridized carbons (Fsp3) is 0.792. The van der Waals surface area contributed by atoms with Gasteiger partial charge in [0.05, 0.1) is 13.2 Å². The molecule has 66 heavy (non-hydrogen) atoms. The van der Waals surface area contributed by atoms with Gasteiger partial charge in [-0.3, -0.25) is 13.8 Å². The molecule has 12 nitrogen and oxygen atoms in total. The van der Waals surface area contributed by atoms with E-state index < -0.39 is 63.1 Å². The third-order valence-electron chi connectivity index (χ3n) is 11.9. The van der Waals surface area contributed by atoms with Crippen LogP contribution >= 0.6 is 7.82 Å². The zero-order chi connectivity index (χ0) is 48.4. The van der Waals surface area contributed by atoms with Gasteiger partial charge in [0, 0.05) is 13.0 Å². The summed E-state index contributed by atoms with van der Waals surface area (Å²) >= 11 is 0. The number of aliphatic hydroxyl groups is 5. The average molecular weight is 955 g/mol. The number of carbonyl (C=O) groups is 1. The van der Waals surface area contributed by atoms with E-state index in [1.807, 2.05) is 12.2 Å². The van der Waals surface area contributed by atoms with Gasteiger partial charge in [0.1, 0.15) is 42.7 Å². The van der Waals surface area contributed by atoms with Crippen LogP contribution in [0.3, 0.4) is 0 Å². The van der Waals surface area contributed by atoms with Crippen molar-refractivity contribution in [2.24, 2.45) is 0 Å². The average Bonchev–Trinajstić information content (AvgIpc) is 3.30. The number of hydrogen-bond donors (Lipinski definition) is 6. The molecule has 0 amide bonds. The lowest BCUT2D eigenvalue weighted by Gasteiger charge is -2.41. The Balaban J connectivity index is 2.35. The Kier molecular flexibility index (Phi) is 40.5. The molecule has 6 atom stereocenters. The van der Waals surface area contributed by atoms with Crippen LogP contribution in [0.25, 0.3) is 0 Å². The quantitative estimate of drug-likeness (QED) is 0.0147. The van der Waals surface area contributed by atoms with E-state index in [4.69, 9.17) is 18.5 Å². The first kappa shape index (κ1) is 62.1. The van der Waals surface area contributed by atoms with E-state index in [0.29, 0.717) is 19.4 Å². The minimum atomic E-state index is -5.04. The van der Waals surface area contributed by atoms with Crippen molar-refractivity contribution in [3.05, 3.63) is 60.8 Å². The van der Waals surface area contributed by atoms with Gasteiger partial charge in [0.2, 0.25) is 0 Å². The Morgan fingerprint density at radius 3 is 1.30 bits per heavy atom. The van der Waals surface area contributed by atoms with Gasteiger partial charge >= 0.3 is 13.8 Å². The summed E-state index contributed by atoms with van der Waals surface area (Å²) in [4.78, 5) is 23.2. The zero-order valence-electron chi connectivity index (χ0n) is 41.2. The summed E-state index contributed by atoms with van der Waals surface area (Å²) in [5, 5.41) is 50.3. The first-order valence-corrected chi connectivity index (χ1v) is 27.6. The third kappa shape index (κ3) is 34.3. The molecule has 0 aromatic rings. The molecule has 0 aromatic heterocycles. The van der Waals surface area contributed by atoms with E-state index in [1.165, 1.54) is 122 Å². The maximum absolute atomic E-state index is 12.8. The highest BCUT2D eigenvalue weighted by Crippen LogP contribution is 2.47. The molecule has 0 heterocycles. The maximum atomic E-state index is 12.8. The van der Waals surface area contributed by atoms with Crippen LogP contribution in [0.5, 0.6) is 0 Å². The second-order valence-electron chi connectivity index (χ2n) is 18.0. The van der Waals surface area contributed by atoms with Crippen LogP contribution in [0.2, 0.25) is 0 Å². The maximum Gasteiger partial charge on any atom is 0.472 e. The lowest BCUT2D eigenvalue weighted by atomic mass is 9.85. The predicted molar refractivity (Wildman–Crippen MR) is 267 cm³/mol. The summed E-state index contributed by atoms with van der Waals surface area (Å²) < 4.78 is 34.2. The van der Waals surface area contributed by atoms with Crippen molar-refractivity contribution < 1.29 is 58.3 Å². The topological polar surface area (TPSA) is 192 Å². The molecular weight excluding hydrogens is 860 g/mol. The summed E-state index contributed by atoms with van der Waals surface area (Å²) in [5.41, 5.74) is 0. The van der Waals surface area contributed by atoms with Gasteiger partial charge in [-0.1, -0.05) is 209 Å². The van der Waals surface area contributed by atoms with Gasteiger partial charge in [-0.05, 0) is 51.4 Å². The first-order chi connectivity index (χ1) is 32.0. The van der Waals surface area contributed by atoms with E-state index in [9.17, 15) is 39.8 Å². The molecule has 0 aliphatic heterocycles. The molecule has 0 aromatic carbocycles. The van der Waals surface area contributed by atoms with E-state index in [1.54, 1.807) is 0 Å². The van der Waals surface area contributed by atoms with Crippen molar-refractivity contribution in [3.8, 4) is 0 Å². The van der Waals surface area contributed by atoms with Gasteiger partial charge in [0.15, 0.2) is 0 Å². The van der Waals surface area contributed by atoms with Crippen LogP contribution in [0.1, 0.15) is 206 Å². The standard InChI is InChI=1S/C53H95O12P/c1-3-5-7-9-11-13-15-17-19-21-22-23-24-25-27-29-31-33-35-37-39-41-43-62-44-46(45-63-66(60,61)65-53-51(58)49(56)48(55)50(57)52(53)59)64-47(54)42-40-38-36-34-32-30-28-26-20-18-16-14-12-10-8-6-4-2/h6,8,12,14,18,20,28,30,34,36,46,48-53,55-59H,3-5,7,9-11,13,15-17,19,21-27,29,31-33,35,37-45H2,1-2H3,(H,60,61)/b8-6-,14-12-,20-18-,30-28-,36-34-. The molecule has 13 heteroatoms. The van der Waals surface area contributed by atoms with E-state index in [2.05, 4.69) is 62.5 Å². The molecule has 0 spiro atoms. The van der Waals surface area contributed by atoms with E-state index >= 15 is 0 Å². The number of phosphoric ester groups is 1. The highest BCUT2D eigenvalue weighted by Gasteiger charge is 2.51. The molecule has 1 aliphatic carbocycles. The van der Waals surface area contributed by atoms with E-state index in [0.717, 1.165) is 51.4 Å². The van der Waals surface area contributed by atoms with Gasteiger partial charge in [0.25, 0.3) is 0 Å². The predicted octanol–water partition coefficient (Wildman–Crippen LogP) is 11.8. The number of aliphatic hydroxyl groups excluding tert-OH is 5. The number of esters is 1. The molecule has 0 saturated heterocycles. The van der Waals surface area contributed by atoms with Crippen LogP contribution < -0.4 is 0 Å². The number of allylic oxidation sites excluding steroid dienone is 10. The van der Waals surface area contributed by atoms with Crippen molar-refractivity contribution in [3.63, 3.8) is 0 Å². The molecule has 6 unspecified atom stereocenters. The Labute approximate surface area is 400 Å². The number of hydrogen-bond acceptors (Lipinski definition) is 11. The number of phosphoric acid groups is 1. The lowest BCUT2D eigenvalue weighted by molar-refractivity contribution is -0.220. The molecule has 1 aliphatic rings. The monoisotopic (exact) mass is 955 g/mol. The Hall–Kier alpha value is -1.96. The fourth-order valence-corrected chi connectivity index (χ4v) is 8.78. The zero-order valence-corrected chi connectivity index (χ0v) is 42.1. The van der Waals surface area contributed by atoms with Crippen molar-refractivity contribution >= 4 is 13.8 Å². The first-order valence-electron chi connectivity index (χ1n) is 26.1. The highest BCUT2D eigenvalue weighted by atomic mass is 31.2. The number of unbranched alkanes of at least 4 members (excludes halogenated alkanes) is 22. The number of ether oxygens (including phenoxy) is 2. The second kappa shape index (κ2) is 43.1. The summed E-state index contributed by atoms with van der Waals surface area (Å²) in [6.45, 7) is 4.11. The van der Waals surface area contributed by atoms with Gasteiger partial charge < -0.3 is 39.9 Å². The van der Waals surface area contributed by atoms with Crippen LogP contribution in [0.4, 0.5) is 0 Å². The van der Waals surface area contributed by atoms with Gasteiger partial charge in [-0.2, -0.15) is 0 Å². The normalized spacial score (nSPS) is 21.9. The summed E-state index contributed by atoms with van der Waals surface area (Å²) in [7, 11) is -5.04. The SMILES string of the molecule is CC/C=C\C/C=C\C/C=C\C/C=C\C/C=C\CCCC(=O)OC(COCCCCCCCCCCCCCCCCCCCCCCCC)COP(=O)(O)OC1C(O)C(O)C(O)C(O)C1O. The minimum Gasteiger partial charge on any atom is -0.457 e. The van der Waals surface area contributed by atoms with Crippen molar-refractivity contribution in [2.45, 2.75) is 249 Å². The molecule has 384 valence electrons. The minimum absolute atomic E-state index is 0.0991. The molecule has 6 N–H and O–H groups in total. The Morgan fingerprint density at radius 2 is 0.879 bits per heavy atom. The van der Waals surface area contributed by atoms with Crippen LogP contribution in [0.15, 0.2) is 60.8 Å². The van der Waals surface area contributed by atoms with Crippen molar-refractivity contribution in [1.82, 2.24) is 0 Å². The molecule has 0 bridgehead atoms. The fourth-order valence-electron chi connectivity index (χ4n) is 7.80. The summed E-state index contributed by atoms with van der Waals surface area (Å²) in [6.07, 6.45) is 43.0. The van der Waals surface area contributed by atoms with Gasteiger partial charge in [-0.25, -0.2) is 4.57 Å². The lowest BCUT2D eigenvalue weighted by Crippen LogP contribution is -2.64. The number of rotatable bonds is 44. The second-order valence-corrected chi connectivity index (χ2v) is 19.4. The molecule has 0 radical (unpaired) electrons. The molecule has 1 rings (SSSR count). The van der Waals surface area contributed by atoms with E-state index in [-0.39, 0.29) is 13.0 Å². The van der Waals surface area contributed by atoms with Gasteiger partial charge in [-0.15, -0.1) is 0 Å². The largest absolute Gasteiger partial charge is 0.472 e. The molecule has 1 fully saturated rings. The summed E-state index contributed by atoms with van der Waals surface area (Å²) in [6, 6.07) is 0. The van der Waals surface area contributed by atoms with Crippen LogP contribution in [-0.4, -0.2) is 98.9 Å². The van der Waals surface area contributed by atoms with Crippen molar-refractivity contribution in [1.29, 1.82) is 0 Å². The third-order valence-corrected chi connectivity index (χ3v) is 12.9. The smallest absolute Gasteiger partial charge is 0.457 e. The Morgan fingerprint density at radius 1 is 0.500 bits per heavy atom. The van der Waals surface area contributed by atoms with Crippen LogP contribution in [0, 0.1) is 0 Å². The highest BCUT2D eigenvalue weighted by molar-refractivity contribution is 7.47. The van der Waals surface area contributed by atoms with Crippen molar-refractivity contribution in [2.75, 3.05) is 19.8 Å². The van der Waals surface area contributed by atoms with Crippen LogP contribution in [-0.2, 0) is 27.9 Å². The summed E-state index contributed by atoms with van der Waals surface area (Å²) in [5.74, 6) is -0.532. The molecule has 1 saturated carbocycles. The molecular formula is C53H95O12P.